The lowest BCUT2D eigenvalue weighted by atomic mass is 10.2. The van der Waals surface area contributed by atoms with Crippen molar-refractivity contribution >= 4 is 39.8 Å². The van der Waals surface area contributed by atoms with Crippen LogP contribution in [0.2, 0.25) is 0 Å². The molecule has 2 aromatic rings. The molecule has 2 amide bonds. The number of methoxy groups -OCH3 is 1. The lowest BCUT2D eigenvalue weighted by molar-refractivity contribution is -0.142. The Morgan fingerprint density at radius 2 is 2.00 bits per heavy atom. The van der Waals surface area contributed by atoms with Crippen molar-refractivity contribution in [3.8, 4) is 5.75 Å². The van der Waals surface area contributed by atoms with Crippen LogP contribution in [0.1, 0.15) is 11.1 Å². The van der Waals surface area contributed by atoms with Crippen LogP contribution in [-0.4, -0.2) is 31.9 Å². The van der Waals surface area contributed by atoms with Gasteiger partial charge in [0.2, 0.25) is 0 Å². The predicted molar refractivity (Wildman–Crippen MR) is 103 cm³/mol. The number of anilines is 1. The average Bonchev–Trinajstić information content (AvgIpc) is 2.62. The molecule has 0 spiro atoms. The molecule has 26 heavy (non-hydrogen) atoms. The number of carbonyl (C=O) groups excluding carboxylic acids is 2. The molecule has 8 heteroatoms. The van der Waals surface area contributed by atoms with Crippen molar-refractivity contribution in [2.75, 3.05) is 19.0 Å². The third kappa shape index (κ3) is 5.89. The summed E-state index contributed by atoms with van der Waals surface area (Å²) in [4.78, 5) is 23.1. The van der Waals surface area contributed by atoms with Crippen LogP contribution in [-0.2, 0) is 9.53 Å². The molecular formula is C18H18BrN3O4. The highest BCUT2D eigenvalue weighted by Crippen LogP contribution is 2.21. The summed E-state index contributed by atoms with van der Waals surface area (Å²) in [6, 6.07) is 12.1. The first-order valence-electron chi connectivity index (χ1n) is 7.64. The first-order valence-corrected chi connectivity index (χ1v) is 8.43. The van der Waals surface area contributed by atoms with Gasteiger partial charge in [0.15, 0.2) is 6.61 Å². The molecule has 0 aliphatic carbocycles. The average molecular weight is 420 g/mol. The van der Waals surface area contributed by atoms with E-state index in [0.717, 1.165) is 10.0 Å². The van der Waals surface area contributed by atoms with Crippen molar-refractivity contribution in [3.63, 3.8) is 0 Å². The highest BCUT2D eigenvalue weighted by atomic mass is 79.9. The summed E-state index contributed by atoms with van der Waals surface area (Å²) in [5, 5.41) is 6.62. The van der Waals surface area contributed by atoms with Gasteiger partial charge in [-0.05, 0) is 36.8 Å². The quantitative estimate of drug-likeness (QED) is 0.426. The van der Waals surface area contributed by atoms with Crippen LogP contribution in [0.25, 0.3) is 0 Å². The smallest absolute Gasteiger partial charge is 0.343 e. The number of hydrogen-bond acceptors (Lipinski definition) is 5. The Morgan fingerprint density at radius 3 is 2.73 bits per heavy atom. The summed E-state index contributed by atoms with van der Waals surface area (Å²) in [7, 11) is 1.28. The van der Waals surface area contributed by atoms with E-state index in [2.05, 4.69) is 36.5 Å². The topological polar surface area (TPSA) is 89.0 Å². The van der Waals surface area contributed by atoms with Crippen LogP contribution in [0.5, 0.6) is 5.75 Å². The zero-order chi connectivity index (χ0) is 18.9. The van der Waals surface area contributed by atoms with Gasteiger partial charge >= 0.3 is 12.0 Å². The van der Waals surface area contributed by atoms with Gasteiger partial charge in [-0.2, -0.15) is 5.10 Å². The molecule has 0 radical (unpaired) electrons. The Labute approximate surface area is 159 Å². The molecule has 0 fully saturated rings. The maximum atomic E-state index is 11.9. The first-order chi connectivity index (χ1) is 12.5. The number of nitrogens with one attached hydrogen (secondary N) is 2. The van der Waals surface area contributed by atoms with Gasteiger partial charge in [-0.25, -0.2) is 15.0 Å². The molecule has 2 N–H and O–H groups in total. The molecule has 0 saturated heterocycles. The standard InChI is InChI=1S/C18H18BrN3O4/c1-12-5-3-4-6-15(12)21-18(24)22-20-10-13-9-14(19)7-8-16(13)26-11-17(23)25-2/h3-10H,11H2,1-2H3,(H2,21,22,24). The maximum Gasteiger partial charge on any atom is 0.343 e. The number of urea groups is 1. The van der Waals surface area contributed by atoms with Crippen molar-refractivity contribution < 1.29 is 19.1 Å². The van der Waals surface area contributed by atoms with E-state index < -0.39 is 12.0 Å². The number of ether oxygens (including phenoxy) is 2. The minimum Gasteiger partial charge on any atom is -0.481 e. The lowest BCUT2D eigenvalue weighted by Crippen LogP contribution is -2.24. The van der Waals surface area contributed by atoms with Gasteiger partial charge in [-0.15, -0.1) is 0 Å². The van der Waals surface area contributed by atoms with E-state index >= 15 is 0 Å². The number of nitrogens with zero attached hydrogens (tertiary/aromatic N) is 1. The first kappa shape index (κ1) is 19.5. The molecule has 136 valence electrons. The number of hydrogen-bond donors (Lipinski definition) is 2. The maximum absolute atomic E-state index is 11.9. The van der Waals surface area contributed by atoms with Gasteiger partial charge in [0.05, 0.1) is 13.3 Å². The van der Waals surface area contributed by atoms with Crippen molar-refractivity contribution in [3.05, 3.63) is 58.1 Å². The Hall–Kier alpha value is -2.87. The molecule has 0 bridgehead atoms. The zero-order valence-electron chi connectivity index (χ0n) is 14.3. The van der Waals surface area contributed by atoms with Crippen LogP contribution in [0.15, 0.2) is 52.0 Å². The van der Waals surface area contributed by atoms with Crippen molar-refractivity contribution in [2.45, 2.75) is 6.92 Å². The van der Waals surface area contributed by atoms with Gasteiger partial charge < -0.3 is 14.8 Å². The van der Waals surface area contributed by atoms with Crippen LogP contribution < -0.4 is 15.5 Å². The van der Waals surface area contributed by atoms with Crippen molar-refractivity contribution in [2.24, 2.45) is 5.10 Å². The summed E-state index contributed by atoms with van der Waals surface area (Å²) in [6.45, 7) is 1.67. The molecule has 0 atom stereocenters. The monoisotopic (exact) mass is 419 g/mol. The van der Waals surface area contributed by atoms with E-state index in [1.54, 1.807) is 24.3 Å². The number of hydrazone groups is 1. The summed E-state index contributed by atoms with van der Waals surface area (Å²) in [6.07, 6.45) is 1.43. The van der Waals surface area contributed by atoms with Gasteiger partial charge in [-0.1, -0.05) is 34.1 Å². The van der Waals surface area contributed by atoms with Crippen molar-refractivity contribution in [1.29, 1.82) is 0 Å². The number of amides is 2. The summed E-state index contributed by atoms with van der Waals surface area (Å²) < 4.78 is 10.7. The number of rotatable bonds is 6. The fourth-order valence-corrected chi connectivity index (χ4v) is 2.35. The minimum absolute atomic E-state index is 0.222. The third-order valence-electron chi connectivity index (χ3n) is 3.31. The summed E-state index contributed by atoms with van der Waals surface area (Å²) in [5.41, 5.74) is 4.61. The molecule has 0 unspecified atom stereocenters. The predicted octanol–water partition coefficient (Wildman–Crippen LogP) is 3.46. The van der Waals surface area contributed by atoms with Crippen LogP contribution in [0, 0.1) is 6.92 Å². The lowest BCUT2D eigenvalue weighted by Gasteiger charge is -2.09. The second-order valence-corrected chi connectivity index (χ2v) is 6.10. The number of carbonyl (C=O) groups is 2. The molecule has 0 aliphatic heterocycles. The Morgan fingerprint density at radius 1 is 1.23 bits per heavy atom. The van der Waals surface area contributed by atoms with E-state index in [0.29, 0.717) is 17.0 Å². The molecule has 7 nitrogen and oxygen atoms in total. The van der Waals surface area contributed by atoms with Gasteiger partial charge in [0.25, 0.3) is 0 Å². The molecule has 0 aromatic heterocycles. The fraction of sp³-hybridized carbons (Fsp3) is 0.167. The fourth-order valence-electron chi connectivity index (χ4n) is 1.97. The number of aryl methyl sites for hydroxylation is 1. The minimum atomic E-state index is -0.494. The Kier molecular flexibility index (Phi) is 7.16. The number of halogens is 1. The second kappa shape index (κ2) is 9.57. The van der Waals surface area contributed by atoms with Gasteiger partial charge in [0.1, 0.15) is 5.75 Å². The Balaban J connectivity index is 2.00. The number of para-hydroxylation sites is 1. The normalized spacial score (nSPS) is 10.4. The van der Waals surface area contributed by atoms with Gasteiger partial charge in [-0.3, -0.25) is 0 Å². The van der Waals surface area contributed by atoms with Crippen LogP contribution in [0.3, 0.4) is 0 Å². The van der Waals surface area contributed by atoms with E-state index in [9.17, 15) is 9.59 Å². The van der Waals surface area contributed by atoms with E-state index in [1.807, 2.05) is 25.1 Å². The van der Waals surface area contributed by atoms with E-state index in [1.165, 1.54) is 13.3 Å². The van der Waals surface area contributed by atoms with Crippen LogP contribution in [0.4, 0.5) is 10.5 Å². The van der Waals surface area contributed by atoms with Crippen LogP contribution >= 0.6 is 15.9 Å². The molecule has 0 heterocycles. The van der Waals surface area contributed by atoms with E-state index in [4.69, 9.17) is 4.74 Å². The number of benzene rings is 2. The Bertz CT molecular complexity index is 824. The number of esters is 1. The van der Waals surface area contributed by atoms with Crippen molar-refractivity contribution in [1.82, 2.24) is 5.43 Å². The molecule has 0 saturated carbocycles. The summed E-state index contributed by atoms with van der Waals surface area (Å²) in [5.74, 6) is -0.0602. The largest absolute Gasteiger partial charge is 0.481 e. The molecule has 2 aromatic carbocycles. The second-order valence-electron chi connectivity index (χ2n) is 5.19. The molecular weight excluding hydrogens is 402 g/mol. The van der Waals surface area contributed by atoms with E-state index in [-0.39, 0.29) is 6.61 Å². The third-order valence-corrected chi connectivity index (χ3v) is 3.80. The summed E-state index contributed by atoms with van der Waals surface area (Å²) >= 11 is 3.35. The SMILES string of the molecule is COC(=O)COc1ccc(Br)cc1C=NNC(=O)Nc1ccccc1C. The molecule has 0 aliphatic rings. The zero-order valence-corrected chi connectivity index (χ0v) is 15.9. The van der Waals surface area contributed by atoms with Gasteiger partial charge in [0, 0.05) is 15.7 Å². The highest BCUT2D eigenvalue weighted by Gasteiger charge is 2.07. The highest BCUT2D eigenvalue weighted by molar-refractivity contribution is 9.10. The molecule has 2 rings (SSSR count).